The standard InChI is InChI=1S/C26H22N2O6/c1-16(17-6-4-3-5-7-17)28-24(30)21-13-8-18(14-22(21)25(28)31)26(32)34-15-23(29)27-19-9-11-20(33-2)12-10-19/h3-14,16H,15H2,1-2H3,(H,27,29)/t16-/m1/s1. The van der Waals surface area contributed by atoms with E-state index in [0.717, 1.165) is 5.56 Å². The second-order valence-corrected chi connectivity index (χ2v) is 7.68. The van der Waals surface area contributed by atoms with Gasteiger partial charge in [-0.25, -0.2) is 4.79 Å². The molecule has 3 aromatic rings. The maximum Gasteiger partial charge on any atom is 0.338 e. The fraction of sp³-hybridized carbons (Fsp3) is 0.154. The minimum absolute atomic E-state index is 0.0753. The molecule has 8 heteroatoms. The predicted octanol–water partition coefficient (Wildman–Crippen LogP) is 3.85. The van der Waals surface area contributed by atoms with Gasteiger partial charge in [-0.3, -0.25) is 19.3 Å². The molecule has 8 nitrogen and oxygen atoms in total. The van der Waals surface area contributed by atoms with Crippen LogP contribution in [0.2, 0.25) is 0 Å². The molecule has 0 radical (unpaired) electrons. The van der Waals surface area contributed by atoms with Crippen molar-refractivity contribution in [3.8, 4) is 5.75 Å². The van der Waals surface area contributed by atoms with Crippen molar-refractivity contribution in [2.45, 2.75) is 13.0 Å². The zero-order chi connectivity index (χ0) is 24.2. The highest BCUT2D eigenvalue weighted by molar-refractivity contribution is 6.22. The molecule has 0 aliphatic carbocycles. The quantitative estimate of drug-likeness (QED) is 0.426. The average Bonchev–Trinajstić information content (AvgIpc) is 3.12. The Hall–Kier alpha value is -4.46. The Labute approximate surface area is 196 Å². The fourth-order valence-electron chi connectivity index (χ4n) is 3.70. The smallest absolute Gasteiger partial charge is 0.338 e. The highest BCUT2D eigenvalue weighted by atomic mass is 16.5. The average molecular weight is 458 g/mol. The molecular weight excluding hydrogens is 436 g/mol. The number of benzene rings is 3. The summed E-state index contributed by atoms with van der Waals surface area (Å²) in [5.74, 6) is -1.56. The number of esters is 1. The third-order valence-corrected chi connectivity index (χ3v) is 5.53. The number of imide groups is 1. The van der Waals surface area contributed by atoms with E-state index in [9.17, 15) is 19.2 Å². The SMILES string of the molecule is COc1ccc(NC(=O)COC(=O)c2ccc3c(c2)C(=O)N([C@H](C)c2ccccc2)C3=O)cc1. The first kappa shape index (κ1) is 22.7. The van der Waals surface area contributed by atoms with E-state index in [0.29, 0.717) is 11.4 Å². The topological polar surface area (TPSA) is 102 Å². The molecule has 0 saturated carbocycles. The first-order valence-electron chi connectivity index (χ1n) is 10.6. The normalized spacial score (nSPS) is 13.3. The summed E-state index contributed by atoms with van der Waals surface area (Å²) in [6.45, 7) is 1.26. The predicted molar refractivity (Wildman–Crippen MR) is 124 cm³/mol. The molecule has 0 saturated heterocycles. The van der Waals surface area contributed by atoms with Crippen LogP contribution in [0.15, 0.2) is 72.8 Å². The van der Waals surface area contributed by atoms with Crippen molar-refractivity contribution in [2.24, 2.45) is 0 Å². The van der Waals surface area contributed by atoms with Crippen molar-refractivity contribution in [1.29, 1.82) is 0 Å². The third kappa shape index (κ3) is 4.52. The summed E-state index contributed by atoms with van der Waals surface area (Å²) >= 11 is 0. The highest BCUT2D eigenvalue weighted by Gasteiger charge is 2.39. The molecule has 34 heavy (non-hydrogen) atoms. The van der Waals surface area contributed by atoms with Crippen molar-refractivity contribution < 1.29 is 28.7 Å². The molecule has 3 aromatic carbocycles. The summed E-state index contributed by atoms with van der Waals surface area (Å²) in [6.07, 6.45) is 0. The maximum absolute atomic E-state index is 13.0. The Morgan fingerprint density at radius 3 is 2.26 bits per heavy atom. The molecule has 0 unspecified atom stereocenters. The van der Waals surface area contributed by atoms with Crippen LogP contribution in [0.4, 0.5) is 5.69 Å². The first-order chi connectivity index (χ1) is 16.4. The van der Waals surface area contributed by atoms with E-state index in [-0.39, 0.29) is 16.7 Å². The second-order valence-electron chi connectivity index (χ2n) is 7.68. The van der Waals surface area contributed by atoms with Crippen LogP contribution in [0.5, 0.6) is 5.75 Å². The van der Waals surface area contributed by atoms with E-state index in [1.807, 2.05) is 30.3 Å². The summed E-state index contributed by atoms with van der Waals surface area (Å²) in [5.41, 5.74) is 1.77. The van der Waals surface area contributed by atoms with Crippen LogP contribution in [0.1, 0.15) is 49.6 Å². The number of carbonyl (C=O) groups is 4. The van der Waals surface area contributed by atoms with Gasteiger partial charge in [-0.2, -0.15) is 0 Å². The lowest BCUT2D eigenvalue weighted by molar-refractivity contribution is -0.119. The van der Waals surface area contributed by atoms with Gasteiger partial charge in [-0.05, 0) is 55.0 Å². The number of hydrogen-bond donors (Lipinski definition) is 1. The number of anilines is 1. The first-order valence-corrected chi connectivity index (χ1v) is 10.6. The van der Waals surface area contributed by atoms with Gasteiger partial charge in [0.1, 0.15) is 5.75 Å². The molecule has 1 N–H and O–H groups in total. The van der Waals surface area contributed by atoms with Crippen molar-refractivity contribution in [3.63, 3.8) is 0 Å². The minimum Gasteiger partial charge on any atom is -0.497 e. The fourth-order valence-corrected chi connectivity index (χ4v) is 3.70. The van der Waals surface area contributed by atoms with E-state index in [1.165, 1.54) is 30.2 Å². The maximum atomic E-state index is 13.0. The zero-order valence-corrected chi connectivity index (χ0v) is 18.6. The van der Waals surface area contributed by atoms with Crippen LogP contribution in [0, 0.1) is 0 Å². The number of rotatable bonds is 7. The van der Waals surface area contributed by atoms with Crippen LogP contribution in [-0.2, 0) is 9.53 Å². The molecule has 172 valence electrons. The molecule has 0 spiro atoms. The van der Waals surface area contributed by atoms with Crippen LogP contribution < -0.4 is 10.1 Å². The Morgan fingerprint density at radius 2 is 1.59 bits per heavy atom. The van der Waals surface area contributed by atoms with Gasteiger partial charge in [0.25, 0.3) is 17.7 Å². The van der Waals surface area contributed by atoms with Gasteiger partial charge >= 0.3 is 5.97 Å². The van der Waals surface area contributed by atoms with Gasteiger partial charge < -0.3 is 14.8 Å². The molecule has 0 fully saturated rings. The molecule has 3 amide bonds. The molecule has 1 aliphatic rings. The van der Waals surface area contributed by atoms with Crippen LogP contribution in [0.25, 0.3) is 0 Å². The Kier molecular flexibility index (Phi) is 6.40. The summed E-state index contributed by atoms with van der Waals surface area (Å²) in [5, 5.41) is 2.61. The zero-order valence-electron chi connectivity index (χ0n) is 18.6. The van der Waals surface area contributed by atoms with E-state index in [2.05, 4.69) is 5.32 Å². The summed E-state index contributed by atoms with van der Waals surface area (Å²) < 4.78 is 10.1. The largest absolute Gasteiger partial charge is 0.497 e. The summed E-state index contributed by atoms with van der Waals surface area (Å²) in [7, 11) is 1.54. The third-order valence-electron chi connectivity index (χ3n) is 5.53. The van der Waals surface area contributed by atoms with Crippen molar-refractivity contribution in [3.05, 3.63) is 95.1 Å². The van der Waals surface area contributed by atoms with E-state index >= 15 is 0 Å². The highest BCUT2D eigenvalue weighted by Crippen LogP contribution is 2.31. The number of amides is 3. The summed E-state index contributed by atoms with van der Waals surface area (Å²) in [4.78, 5) is 51.6. The van der Waals surface area contributed by atoms with Crippen molar-refractivity contribution >= 4 is 29.4 Å². The van der Waals surface area contributed by atoms with Crippen LogP contribution >= 0.6 is 0 Å². The number of fused-ring (bicyclic) bond motifs is 1. The molecule has 1 heterocycles. The van der Waals surface area contributed by atoms with Gasteiger partial charge in [0.15, 0.2) is 6.61 Å². The molecule has 1 atom stereocenters. The van der Waals surface area contributed by atoms with E-state index in [4.69, 9.17) is 9.47 Å². The number of ether oxygens (including phenoxy) is 2. The van der Waals surface area contributed by atoms with Crippen LogP contribution in [0.3, 0.4) is 0 Å². The number of hydrogen-bond acceptors (Lipinski definition) is 6. The number of nitrogens with zero attached hydrogens (tertiary/aromatic N) is 1. The number of methoxy groups -OCH3 is 1. The lowest BCUT2D eigenvalue weighted by Gasteiger charge is -2.22. The summed E-state index contributed by atoms with van der Waals surface area (Å²) in [6, 6.07) is 19.6. The Bertz CT molecular complexity index is 1250. The minimum atomic E-state index is -0.775. The molecule has 4 rings (SSSR count). The van der Waals surface area contributed by atoms with Gasteiger partial charge in [0, 0.05) is 5.69 Å². The van der Waals surface area contributed by atoms with Gasteiger partial charge in [-0.15, -0.1) is 0 Å². The van der Waals surface area contributed by atoms with E-state index < -0.39 is 36.3 Å². The van der Waals surface area contributed by atoms with Gasteiger partial charge in [0.05, 0.1) is 29.8 Å². The number of carbonyl (C=O) groups excluding carboxylic acids is 4. The lowest BCUT2D eigenvalue weighted by Crippen LogP contribution is -2.32. The molecule has 0 bridgehead atoms. The lowest BCUT2D eigenvalue weighted by atomic mass is 10.1. The second kappa shape index (κ2) is 9.58. The number of nitrogens with one attached hydrogen (secondary N) is 1. The van der Waals surface area contributed by atoms with Gasteiger partial charge in [-0.1, -0.05) is 30.3 Å². The Morgan fingerprint density at radius 1 is 0.912 bits per heavy atom. The molecule has 1 aliphatic heterocycles. The van der Waals surface area contributed by atoms with E-state index in [1.54, 1.807) is 31.2 Å². The Balaban J connectivity index is 1.41. The van der Waals surface area contributed by atoms with Crippen LogP contribution in [-0.4, -0.2) is 42.3 Å². The molecule has 0 aromatic heterocycles. The monoisotopic (exact) mass is 458 g/mol. The van der Waals surface area contributed by atoms with Gasteiger partial charge in [0.2, 0.25) is 0 Å². The molecular formula is C26H22N2O6. The van der Waals surface area contributed by atoms with Crippen molar-refractivity contribution in [1.82, 2.24) is 4.90 Å². The van der Waals surface area contributed by atoms with Crippen molar-refractivity contribution in [2.75, 3.05) is 19.0 Å².